The van der Waals surface area contributed by atoms with Gasteiger partial charge in [0.25, 0.3) is 10.0 Å². The molecule has 0 atom stereocenters. The fraction of sp³-hybridized carbons (Fsp3) is 0.231. The first kappa shape index (κ1) is 15.0. The molecule has 7 nitrogen and oxygen atoms in total. The minimum atomic E-state index is -3.74. The van der Waals surface area contributed by atoms with E-state index < -0.39 is 10.0 Å². The number of hydrogen-bond donors (Lipinski definition) is 3. The maximum Gasteiger partial charge on any atom is 0.265 e. The van der Waals surface area contributed by atoms with Gasteiger partial charge in [0.1, 0.15) is 4.90 Å². The maximum absolute atomic E-state index is 12.3. The van der Waals surface area contributed by atoms with Crippen LogP contribution in [0, 0.1) is 6.92 Å². The molecule has 0 aliphatic carbocycles. The minimum Gasteiger partial charge on any atom is -0.359 e. The zero-order valence-corrected chi connectivity index (χ0v) is 12.5. The number of rotatable bonds is 5. The molecule has 0 bridgehead atoms. The highest BCUT2D eigenvalue weighted by atomic mass is 32.2. The van der Waals surface area contributed by atoms with E-state index in [4.69, 9.17) is 0 Å². The van der Waals surface area contributed by atoms with Gasteiger partial charge in [0.05, 0.1) is 24.0 Å². The molecule has 21 heavy (non-hydrogen) atoms. The molecule has 112 valence electrons. The number of H-pyrrole nitrogens is 1. The topological polar surface area (TPSA) is 104 Å². The standard InChI is InChI=1S/C13H16N4O3S/c1-9-12(8-15-16-9)21(19,20)17-11-6-4-3-5-10(11)7-13(18)14-2/h3-6,8,17H,7H2,1-2H3,(H,14,18)(H,15,16). The lowest BCUT2D eigenvalue weighted by atomic mass is 10.1. The Morgan fingerprint density at radius 2 is 2.05 bits per heavy atom. The number of hydrogen-bond acceptors (Lipinski definition) is 4. The summed E-state index contributed by atoms with van der Waals surface area (Å²) in [6.45, 7) is 1.62. The van der Waals surface area contributed by atoms with E-state index in [0.29, 0.717) is 16.9 Å². The summed E-state index contributed by atoms with van der Waals surface area (Å²) in [5.74, 6) is -0.193. The first-order chi connectivity index (χ1) is 9.94. The number of aromatic amines is 1. The van der Waals surface area contributed by atoms with Gasteiger partial charge in [0.15, 0.2) is 0 Å². The van der Waals surface area contributed by atoms with Crippen LogP contribution in [0.15, 0.2) is 35.4 Å². The largest absolute Gasteiger partial charge is 0.359 e. The molecule has 1 aromatic carbocycles. The molecule has 2 aromatic rings. The van der Waals surface area contributed by atoms with Crippen molar-refractivity contribution in [3.05, 3.63) is 41.7 Å². The van der Waals surface area contributed by atoms with Gasteiger partial charge in [-0.25, -0.2) is 8.42 Å². The molecule has 0 spiro atoms. The molecular formula is C13H16N4O3S. The van der Waals surface area contributed by atoms with Crippen molar-refractivity contribution < 1.29 is 13.2 Å². The van der Waals surface area contributed by atoms with E-state index in [1.807, 2.05) is 0 Å². The number of anilines is 1. The molecule has 1 amide bonds. The van der Waals surface area contributed by atoms with E-state index in [9.17, 15) is 13.2 Å². The van der Waals surface area contributed by atoms with E-state index in [0.717, 1.165) is 0 Å². The molecule has 0 aliphatic rings. The van der Waals surface area contributed by atoms with Crippen molar-refractivity contribution in [1.29, 1.82) is 0 Å². The highest BCUT2D eigenvalue weighted by Crippen LogP contribution is 2.21. The smallest absolute Gasteiger partial charge is 0.265 e. The Kier molecular flexibility index (Phi) is 4.27. The number of carbonyl (C=O) groups excluding carboxylic acids is 1. The molecular weight excluding hydrogens is 292 g/mol. The van der Waals surface area contributed by atoms with Crippen LogP contribution in [0.5, 0.6) is 0 Å². The van der Waals surface area contributed by atoms with Crippen molar-refractivity contribution in [3.8, 4) is 0 Å². The van der Waals surface area contributed by atoms with E-state index in [2.05, 4.69) is 20.2 Å². The number of benzene rings is 1. The van der Waals surface area contributed by atoms with Gasteiger partial charge >= 0.3 is 0 Å². The van der Waals surface area contributed by atoms with Gasteiger partial charge in [-0.1, -0.05) is 18.2 Å². The summed E-state index contributed by atoms with van der Waals surface area (Å²) >= 11 is 0. The van der Waals surface area contributed by atoms with E-state index in [1.165, 1.54) is 13.2 Å². The molecule has 0 fully saturated rings. The van der Waals surface area contributed by atoms with Gasteiger partial charge in [-0.3, -0.25) is 14.6 Å². The van der Waals surface area contributed by atoms with Crippen LogP contribution in [-0.2, 0) is 21.2 Å². The van der Waals surface area contributed by atoms with Gasteiger partial charge < -0.3 is 5.32 Å². The van der Waals surface area contributed by atoms with Gasteiger partial charge in [0, 0.05) is 7.05 Å². The van der Waals surface area contributed by atoms with E-state index in [-0.39, 0.29) is 17.2 Å². The molecule has 1 aromatic heterocycles. The van der Waals surface area contributed by atoms with Gasteiger partial charge in [-0.2, -0.15) is 5.10 Å². The van der Waals surface area contributed by atoms with Crippen LogP contribution in [0.2, 0.25) is 0 Å². The van der Waals surface area contributed by atoms with Crippen LogP contribution in [-0.4, -0.2) is 31.6 Å². The van der Waals surface area contributed by atoms with Crippen molar-refractivity contribution in [2.45, 2.75) is 18.2 Å². The third-order valence-corrected chi connectivity index (χ3v) is 4.44. The number of carbonyl (C=O) groups is 1. The lowest BCUT2D eigenvalue weighted by Crippen LogP contribution is -2.21. The average Bonchev–Trinajstić information content (AvgIpc) is 2.87. The summed E-state index contributed by atoms with van der Waals surface area (Å²) in [4.78, 5) is 11.6. The third-order valence-electron chi connectivity index (χ3n) is 2.96. The second-order valence-corrected chi connectivity index (χ2v) is 6.12. The summed E-state index contributed by atoms with van der Waals surface area (Å²) < 4.78 is 27.1. The van der Waals surface area contributed by atoms with Crippen molar-refractivity contribution >= 4 is 21.6 Å². The molecule has 0 saturated carbocycles. The lowest BCUT2D eigenvalue weighted by molar-refractivity contribution is -0.119. The maximum atomic E-state index is 12.3. The Balaban J connectivity index is 2.32. The van der Waals surface area contributed by atoms with Crippen LogP contribution >= 0.6 is 0 Å². The quantitative estimate of drug-likeness (QED) is 0.760. The van der Waals surface area contributed by atoms with Crippen LogP contribution < -0.4 is 10.0 Å². The number of nitrogens with zero attached hydrogens (tertiary/aromatic N) is 1. The predicted octanol–water partition coefficient (Wildman–Crippen LogP) is 0.807. The third kappa shape index (κ3) is 3.40. The molecule has 8 heteroatoms. The normalized spacial score (nSPS) is 11.1. The molecule has 1 heterocycles. The number of aryl methyl sites for hydroxylation is 1. The number of nitrogens with one attached hydrogen (secondary N) is 3. The van der Waals surface area contributed by atoms with Crippen LogP contribution in [0.25, 0.3) is 0 Å². The Labute approximate surface area is 122 Å². The number of amides is 1. The van der Waals surface area contributed by atoms with Crippen molar-refractivity contribution in [2.75, 3.05) is 11.8 Å². The number of likely N-dealkylation sites (N-methyl/N-ethyl adjacent to an activating group) is 1. The molecule has 0 radical (unpaired) electrons. The van der Waals surface area contributed by atoms with Gasteiger partial charge in [-0.05, 0) is 18.6 Å². The van der Waals surface area contributed by atoms with Crippen molar-refractivity contribution in [2.24, 2.45) is 0 Å². The molecule has 0 saturated heterocycles. The van der Waals surface area contributed by atoms with E-state index in [1.54, 1.807) is 31.2 Å². The SMILES string of the molecule is CNC(=O)Cc1ccccc1NS(=O)(=O)c1cn[nH]c1C. The van der Waals surface area contributed by atoms with Crippen LogP contribution in [0.4, 0.5) is 5.69 Å². The lowest BCUT2D eigenvalue weighted by Gasteiger charge is -2.11. The second-order valence-electron chi connectivity index (χ2n) is 4.47. The Morgan fingerprint density at radius 1 is 1.33 bits per heavy atom. The molecule has 0 unspecified atom stereocenters. The second kappa shape index (κ2) is 5.96. The first-order valence-corrected chi connectivity index (χ1v) is 7.73. The number of aromatic nitrogens is 2. The Morgan fingerprint density at radius 3 is 2.67 bits per heavy atom. The van der Waals surface area contributed by atoms with Gasteiger partial charge in [-0.15, -0.1) is 0 Å². The molecule has 2 rings (SSSR count). The predicted molar refractivity (Wildman–Crippen MR) is 78.3 cm³/mol. The zero-order valence-electron chi connectivity index (χ0n) is 11.7. The van der Waals surface area contributed by atoms with Crippen molar-refractivity contribution in [3.63, 3.8) is 0 Å². The minimum absolute atomic E-state index is 0.0808. The monoisotopic (exact) mass is 308 g/mol. The van der Waals surface area contributed by atoms with E-state index >= 15 is 0 Å². The number of sulfonamides is 1. The van der Waals surface area contributed by atoms with Gasteiger partial charge in [0.2, 0.25) is 5.91 Å². The van der Waals surface area contributed by atoms with Crippen molar-refractivity contribution in [1.82, 2.24) is 15.5 Å². The zero-order chi connectivity index (χ0) is 15.5. The summed E-state index contributed by atoms with van der Waals surface area (Å²) in [5.41, 5.74) is 1.43. The molecule has 3 N–H and O–H groups in total. The fourth-order valence-corrected chi connectivity index (χ4v) is 3.08. The Bertz CT molecular complexity index is 752. The summed E-state index contributed by atoms with van der Waals surface area (Å²) in [5, 5.41) is 8.80. The van der Waals surface area contributed by atoms with Crippen LogP contribution in [0.1, 0.15) is 11.3 Å². The first-order valence-electron chi connectivity index (χ1n) is 6.25. The highest BCUT2D eigenvalue weighted by molar-refractivity contribution is 7.92. The summed E-state index contributed by atoms with van der Waals surface area (Å²) in [6, 6.07) is 6.77. The highest BCUT2D eigenvalue weighted by Gasteiger charge is 2.20. The Hall–Kier alpha value is -2.35. The fourth-order valence-electron chi connectivity index (χ4n) is 1.85. The number of para-hydroxylation sites is 1. The summed E-state index contributed by atoms with van der Waals surface area (Å²) in [6.07, 6.45) is 1.35. The average molecular weight is 308 g/mol. The molecule has 0 aliphatic heterocycles. The summed E-state index contributed by atoms with van der Waals surface area (Å²) in [7, 11) is -2.21. The van der Waals surface area contributed by atoms with Crippen LogP contribution in [0.3, 0.4) is 0 Å².